The molecule has 2 amide bonds. The number of hydrogen-bond acceptors (Lipinski definition) is 5. The van der Waals surface area contributed by atoms with Gasteiger partial charge in [0.05, 0.1) is 16.9 Å². The summed E-state index contributed by atoms with van der Waals surface area (Å²) < 4.78 is 0. The summed E-state index contributed by atoms with van der Waals surface area (Å²) in [5.41, 5.74) is 1.48. The van der Waals surface area contributed by atoms with Gasteiger partial charge in [-0.05, 0) is 23.8 Å². The molecule has 3 aromatic rings. The van der Waals surface area contributed by atoms with Gasteiger partial charge < -0.3 is 9.80 Å². The van der Waals surface area contributed by atoms with E-state index in [4.69, 9.17) is 11.6 Å². The Hall–Kier alpha value is -3.46. The molecule has 0 radical (unpaired) electrons. The second-order valence-electron chi connectivity index (χ2n) is 7.04. The van der Waals surface area contributed by atoms with Crippen LogP contribution in [0.2, 0.25) is 5.02 Å². The number of aromatic nitrogens is 2. The van der Waals surface area contributed by atoms with Gasteiger partial charge in [0.15, 0.2) is 5.69 Å². The maximum Gasteiger partial charge on any atom is 0.275 e. The van der Waals surface area contributed by atoms with Gasteiger partial charge in [0.1, 0.15) is 0 Å². The Morgan fingerprint density at radius 1 is 1.07 bits per heavy atom. The number of H-pyrrole nitrogens is 1. The monoisotopic (exact) mass is 427 g/mol. The lowest BCUT2D eigenvalue weighted by Gasteiger charge is -2.34. The van der Waals surface area contributed by atoms with Crippen molar-refractivity contribution in [3.8, 4) is 0 Å². The molecule has 0 unspecified atom stereocenters. The molecule has 0 spiro atoms. The van der Waals surface area contributed by atoms with Crippen molar-refractivity contribution in [3.63, 3.8) is 0 Å². The molecule has 30 heavy (non-hydrogen) atoms. The molecular weight excluding hydrogens is 410 g/mol. The van der Waals surface area contributed by atoms with Crippen LogP contribution in [-0.4, -0.2) is 62.9 Å². The molecule has 1 aliphatic rings. The summed E-state index contributed by atoms with van der Waals surface area (Å²) in [6.45, 7) is 1.57. The third-order valence-corrected chi connectivity index (χ3v) is 5.40. The molecule has 2 aromatic carbocycles. The molecule has 1 aliphatic heterocycles. The summed E-state index contributed by atoms with van der Waals surface area (Å²) in [5, 5.41) is 18.9. The number of fused-ring (bicyclic) bond motifs is 1. The number of aromatic amines is 1. The lowest BCUT2D eigenvalue weighted by molar-refractivity contribution is -0.384. The molecule has 1 saturated heterocycles. The van der Waals surface area contributed by atoms with Gasteiger partial charge in [-0.15, -0.1) is 0 Å². The van der Waals surface area contributed by atoms with Crippen molar-refractivity contribution in [2.45, 2.75) is 6.42 Å². The number of nitrogens with zero attached hydrogens (tertiary/aromatic N) is 4. The van der Waals surface area contributed by atoms with Crippen molar-refractivity contribution in [3.05, 3.63) is 68.9 Å². The molecule has 0 saturated carbocycles. The molecule has 0 atom stereocenters. The molecule has 0 aliphatic carbocycles. The number of halogens is 1. The highest BCUT2D eigenvalue weighted by atomic mass is 35.5. The number of non-ortho nitro benzene ring substituents is 1. The van der Waals surface area contributed by atoms with E-state index >= 15 is 0 Å². The van der Waals surface area contributed by atoms with Crippen LogP contribution < -0.4 is 0 Å². The first-order chi connectivity index (χ1) is 14.4. The van der Waals surface area contributed by atoms with E-state index in [-0.39, 0.29) is 29.6 Å². The maximum atomic E-state index is 12.9. The SMILES string of the molecule is O=C(Cc1ccc(Cl)cc1)N1CCN(C(=O)c2n[nH]c3ccc([N+](=O)[O-])cc23)CC1. The van der Waals surface area contributed by atoms with E-state index in [9.17, 15) is 19.7 Å². The van der Waals surface area contributed by atoms with Crippen molar-refractivity contribution >= 4 is 40.0 Å². The first-order valence-electron chi connectivity index (χ1n) is 9.36. The maximum absolute atomic E-state index is 12.9. The van der Waals surface area contributed by atoms with Crippen LogP contribution in [0.15, 0.2) is 42.5 Å². The van der Waals surface area contributed by atoms with Gasteiger partial charge in [0.2, 0.25) is 5.91 Å². The number of piperazine rings is 1. The summed E-state index contributed by atoms with van der Waals surface area (Å²) >= 11 is 5.87. The minimum Gasteiger partial charge on any atom is -0.339 e. The third kappa shape index (κ3) is 3.97. The molecule has 9 nitrogen and oxygen atoms in total. The highest BCUT2D eigenvalue weighted by Gasteiger charge is 2.27. The quantitative estimate of drug-likeness (QED) is 0.508. The number of benzene rings is 2. The van der Waals surface area contributed by atoms with Crippen LogP contribution in [0.5, 0.6) is 0 Å². The number of amides is 2. The van der Waals surface area contributed by atoms with Crippen LogP contribution in [0.25, 0.3) is 10.9 Å². The number of nitrogens with one attached hydrogen (secondary N) is 1. The lowest BCUT2D eigenvalue weighted by Crippen LogP contribution is -2.51. The second kappa shape index (κ2) is 8.11. The van der Waals surface area contributed by atoms with Crippen LogP contribution in [0.1, 0.15) is 16.1 Å². The molecule has 1 aromatic heterocycles. The molecular formula is C20H18ClN5O4. The Bertz CT molecular complexity index is 1120. The van der Waals surface area contributed by atoms with Gasteiger partial charge in [-0.2, -0.15) is 5.10 Å². The predicted octanol–water partition coefficient (Wildman–Crippen LogP) is 2.65. The zero-order chi connectivity index (χ0) is 21.3. The Kier molecular flexibility index (Phi) is 5.37. The van der Waals surface area contributed by atoms with Crippen molar-refractivity contribution in [1.82, 2.24) is 20.0 Å². The minimum atomic E-state index is -0.508. The zero-order valence-corrected chi connectivity index (χ0v) is 16.6. The van der Waals surface area contributed by atoms with Crippen LogP contribution in [0.3, 0.4) is 0 Å². The Morgan fingerprint density at radius 3 is 2.40 bits per heavy atom. The summed E-state index contributed by atoms with van der Waals surface area (Å²) in [6, 6.07) is 11.4. The van der Waals surface area contributed by atoms with E-state index in [1.165, 1.54) is 18.2 Å². The van der Waals surface area contributed by atoms with Gasteiger partial charge in [-0.25, -0.2) is 0 Å². The third-order valence-electron chi connectivity index (χ3n) is 5.15. The van der Waals surface area contributed by atoms with Crippen LogP contribution in [0.4, 0.5) is 5.69 Å². The standard InChI is InChI=1S/C20H18ClN5O4/c21-14-3-1-13(2-4-14)11-18(27)24-7-9-25(10-8-24)20(28)19-16-12-15(26(29)30)5-6-17(16)22-23-19/h1-6,12H,7-11H2,(H,22,23). The first kappa shape index (κ1) is 19.8. The predicted molar refractivity (Wildman–Crippen MR) is 110 cm³/mol. The van der Waals surface area contributed by atoms with Gasteiger partial charge in [0, 0.05) is 48.7 Å². The summed E-state index contributed by atoms with van der Waals surface area (Å²) in [7, 11) is 0. The Morgan fingerprint density at radius 2 is 1.73 bits per heavy atom. The zero-order valence-electron chi connectivity index (χ0n) is 15.9. The molecule has 0 bridgehead atoms. The van der Waals surface area contributed by atoms with E-state index in [1.807, 2.05) is 12.1 Å². The number of hydrogen-bond donors (Lipinski definition) is 1. The highest BCUT2D eigenvalue weighted by Crippen LogP contribution is 2.23. The van der Waals surface area contributed by atoms with Gasteiger partial charge in [0.25, 0.3) is 11.6 Å². The molecule has 1 N–H and O–H groups in total. The average molecular weight is 428 g/mol. The fraction of sp³-hybridized carbons (Fsp3) is 0.250. The van der Waals surface area contributed by atoms with E-state index in [0.717, 1.165) is 5.56 Å². The number of nitro groups is 1. The lowest BCUT2D eigenvalue weighted by atomic mass is 10.1. The molecule has 10 heteroatoms. The molecule has 4 rings (SSSR count). The van der Waals surface area contributed by atoms with Gasteiger partial charge >= 0.3 is 0 Å². The van der Waals surface area contributed by atoms with Gasteiger partial charge in [-0.3, -0.25) is 24.8 Å². The number of rotatable bonds is 4. The summed E-state index contributed by atoms with van der Waals surface area (Å²) in [5.74, 6) is -0.322. The average Bonchev–Trinajstić information content (AvgIpc) is 3.18. The van der Waals surface area contributed by atoms with E-state index in [0.29, 0.717) is 42.1 Å². The first-order valence-corrected chi connectivity index (χ1v) is 9.74. The highest BCUT2D eigenvalue weighted by molar-refractivity contribution is 6.30. The van der Waals surface area contributed by atoms with Crippen molar-refractivity contribution in [2.75, 3.05) is 26.2 Å². The number of nitro benzene ring substituents is 1. The largest absolute Gasteiger partial charge is 0.339 e. The van der Waals surface area contributed by atoms with Crippen molar-refractivity contribution < 1.29 is 14.5 Å². The second-order valence-corrected chi connectivity index (χ2v) is 7.47. The smallest absolute Gasteiger partial charge is 0.275 e. The van der Waals surface area contributed by atoms with Gasteiger partial charge in [-0.1, -0.05) is 23.7 Å². The van der Waals surface area contributed by atoms with E-state index in [2.05, 4.69) is 10.2 Å². The van der Waals surface area contributed by atoms with Crippen LogP contribution in [-0.2, 0) is 11.2 Å². The number of carbonyl (C=O) groups is 2. The van der Waals surface area contributed by atoms with E-state index in [1.54, 1.807) is 21.9 Å². The van der Waals surface area contributed by atoms with Crippen molar-refractivity contribution in [1.29, 1.82) is 0 Å². The topological polar surface area (TPSA) is 112 Å². The molecule has 154 valence electrons. The van der Waals surface area contributed by atoms with Crippen LogP contribution in [0, 0.1) is 10.1 Å². The fourth-order valence-electron chi connectivity index (χ4n) is 3.48. The summed E-state index contributed by atoms with van der Waals surface area (Å²) in [6.07, 6.45) is 0.277. The van der Waals surface area contributed by atoms with E-state index < -0.39 is 4.92 Å². The summed E-state index contributed by atoms with van der Waals surface area (Å²) in [4.78, 5) is 39.3. The van der Waals surface area contributed by atoms with Crippen LogP contribution >= 0.6 is 11.6 Å². The van der Waals surface area contributed by atoms with Crippen molar-refractivity contribution in [2.24, 2.45) is 0 Å². The minimum absolute atomic E-state index is 0.00901. The number of carbonyl (C=O) groups excluding carboxylic acids is 2. The Labute approximate surface area is 176 Å². The normalized spacial score (nSPS) is 14.2. The molecule has 1 fully saturated rings. The fourth-order valence-corrected chi connectivity index (χ4v) is 3.60. The molecule has 2 heterocycles. The Balaban J connectivity index is 1.41.